The Kier molecular flexibility index (Phi) is 9.62. The highest BCUT2D eigenvalue weighted by atomic mass is 35.5. The number of anilines is 2. The largest absolute Gasteiger partial charge is 0.444 e. The van der Waals surface area contributed by atoms with Crippen LogP contribution in [0.25, 0.3) is 0 Å². The summed E-state index contributed by atoms with van der Waals surface area (Å²) in [6.07, 6.45) is -1.79. The summed E-state index contributed by atoms with van der Waals surface area (Å²) in [6, 6.07) is -0.00272. The van der Waals surface area contributed by atoms with E-state index in [0.29, 0.717) is 6.54 Å². The normalized spacial score (nSPS) is 11.5. The van der Waals surface area contributed by atoms with Gasteiger partial charge in [0.05, 0.1) is 0 Å². The van der Waals surface area contributed by atoms with Gasteiger partial charge in [-0.2, -0.15) is 0 Å². The van der Waals surface area contributed by atoms with Crippen molar-refractivity contribution < 1.29 is 23.9 Å². The highest BCUT2D eigenvalue weighted by molar-refractivity contribution is 6.32. The topological polar surface area (TPSA) is 159 Å². The Morgan fingerprint density at radius 2 is 1.53 bits per heavy atom. The van der Waals surface area contributed by atoms with E-state index in [1.54, 1.807) is 41.5 Å². The second kappa shape index (κ2) is 11.3. The van der Waals surface area contributed by atoms with E-state index in [2.05, 4.69) is 25.9 Å². The summed E-state index contributed by atoms with van der Waals surface area (Å²) >= 11 is 6.32. The molecule has 0 atom stereocenters. The third-order valence-corrected chi connectivity index (χ3v) is 4.03. The molecule has 0 unspecified atom stereocenters. The molecule has 12 nitrogen and oxygen atoms in total. The molecule has 13 heteroatoms. The summed E-state index contributed by atoms with van der Waals surface area (Å²) in [5, 5.41) is 14.4. The van der Waals surface area contributed by atoms with Crippen molar-refractivity contribution in [1.82, 2.24) is 20.6 Å². The molecule has 0 bridgehead atoms. The van der Waals surface area contributed by atoms with Crippen LogP contribution in [0.2, 0.25) is 5.15 Å². The first-order valence-electron chi connectivity index (χ1n) is 10.7. The third-order valence-electron chi connectivity index (χ3n) is 3.77. The van der Waals surface area contributed by atoms with Crippen molar-refractivity contribution in [1.29, 1.82) is 5.41 Å². The Balaban J connectivity index is 3.27. The molecule has 0 saturated heterocycles. The molecule has 0 aliphatic carbocycles. The molecule has 1 aromatic heterocycles. The number of hydrogen-bond acceptors (Lipinski definition) is 9. The number of halogens is 1. The van der Waals surface area contributed by atoms with Gasteiger partial charge in [-0.25, -0.2) is 19.6 Å². The molecule has 3 amide bonds. The van der Waals surface area contributed by atoms with E-state index >= 15 is 0 Å². The monoisotopic (exact) mass is 499 g/mol. The minimum absolute atomic E-state index is 0.00272. The van der Waals surface area contributed by atoms with Crippen molar-refractivity contribution in [3.05, 3.63) is 10.8 Å². The number of nitrogens with zero attached hydrogens (tertiary/aromatic N) is 3. The second-order valence-electron chi connectivity index (χ2n) is 9.50. The smallest absolute Gasteiger partial charge is 0.414 e. The molecule has 4 N–H and O–H groups in total. The van der Waals surface area contributed by atoms with E-state index < -0.39 is 35.3 Å². The number of aromatic nitrogens is 2. The van der Waals surface area contributed by atoms with Crippen LogP contribution < -0.4 is 20.9 Å². The van der Waals surface area contributed by atoms with E-state index in [1.165, 1.54) is 0 Å². The fraction of sp³-hybridized carbons (Fsp3) is 0.619. The van der Waals surface area contributed by atoms with Gasteiger partial charge in [0.1, 0.15) is 11.2 Å². The Labute approximate surface area is 204 Å². The lowest BCUT2D eigenvalue weighted by Gasteiger charge is -2.27. The number of hydrogen-bond donors (Lipinski definition) is 4. The number of carbonyl (C=O) groups excluding carboxylic acids is 3. The van der Waals surface area contributed by atoms with Crippen molar-refractivity contribution in [2.45, 2.75) is 79.6 Å². The first-order valence-corrected chi connectivity index (χ1v) is 11.1. The van der Waals surface area contributed by atoms with Gasteiger partial charge in [-0.05, 0) is 62.3 Å². The van der Waals surface area contributed by atoms with Gasteiger partial charge < -0.3 is 14.4 Å². The molecular weight excluding hydrogens is 466 g/mol. The first-order chi connectivity index (χ1) is 15.4. The molecule has 0 aromatic carbocycles. The van der Waals surface area contributed by atoms with Crippen LogP contribution in [0.5, 0.6) is 0 Å². The zero-order valence-corrected chi connectivity index (χ0v) is 21.8. The molecule has 0 radical (unpaired) electrons. The molecule has 0 aliphatic heterocycles. The van der Waals surface area contributed by atoms with E-state index in [1.807, 2.05) is 25.7 Å². The molecular formula is C21H34ClN7O5. The summed E-state index contributed by atoms with van der Waals surface area (Å²) in [6.45, 7) is 16.3. The fourth-order valence-corrected chi connectivity index (χ4v) is 2.84. The third kappa shape index (κ3) is 9.38. The Bertz CT molecular complexity index is 939. The summed E-state index contributed by atoms with van der Waals surface area (Å²) in [5.41, 5.74) is -1.98. The summed E-state index contributed by atoms with van der Waals surface area (Å²) < 4.78 is 10.3. The Morgan fingerprint density at radius 3 is 2.00 bits per heavy atom. The minimum atomic E-state index is -0.944. The lowest BCUT2D eigenvalue weighted by atomic mass is 10.2. The van der Waals surface area contributed by atoms with Crippen molar-refractivity contribution in [3.63, 3.8) is 0 Å². The van der Waals surface area contributed by atoms with Crippen LogP contribution in [0.4, 0.5) is 21.2 Å². The molecule has 0 fully saturated rings. The molecule has 1 heterocycles. The standard InChI is InChI=1S/C21H34ClN7O5/c1-10-29(11(2)3)15-13(22)24-12(14(25-15)26-18(31)33-20(4,5)6)16(30)27-17(23)28-19(32)34-21(7,8)9/h11H,10H2,1-9H3,(H,25,26,31)(H3,23,27,28,30,32). The number of carbonyl (C=O) groups is 3. The Morgan fingerprint density at radius 1 is 1.00 bits per heavy atom. The van der Waals surface area contributed by atoms with Crippen LogP contribution in [0, 0.1) is 5.41 Å². The quantitative estimate of drug-likeness (QED) is 0.350. The molecule has 1 aromatic rings. The molecule has 0 aliphatic rings. The first kappa shape index (κ1) is 28.9. The fourth-order valence-electron chi connectivity index (χ4n) is 2.60. The van der Waals surface area contributed by atoms with Crippen molar-refractivity contribution in [2.24, 2.45) is 0 Å². The maximum absolute atomic E-state index is 12.8. The van der Waals surface area contributed by atoms with Gasteiger partial charge in [0, 0.05) is 12.6 Å². The lowest BCUT2D eigenvalue weighted by molar-refractivity contribution is 0.0559. The molecule has 190 valence electrons. The number of ether oxygens (including phenoxy) is 2. The van der Waals surface area contributed by atoms with E-state index in [0.717, 1.165) is 0 Å². The van der Waals surface area contributed by atoms with Crippen molar-refractivity contribution in [2.75, 3.05) is 16.8 Å². The van der Waals surface area contributed by atoms with Crippen molar-refractivity contribution >= 4 is 47.3 Å². The second-order valence-corrected chi connectivity index (χ2v) is 9.86. The summed E-state index contributed by atoms with van der Waals surface area (Å²) in [4.78, 5) is 47.3. The predicted octanol–water partition coefficient (Wildman–Crippen LogP) is 3.90. The van der Waals surface area contributed by atoms with E-state index in [9.17, 15) is 14.4 Å². The van der Waals surface area contributed by atoms with E-state index in [-0.39, 0.29) is 28.5 Å². The van der Waals surface area contributed by atoms with Gasteiger partial charge in [0.25, 0.3) is 5.91 Å². The number of alkyl carbamates (subject to hydrolysis) is 1. The maximum Gasteiger partial charge on any atom is 0.414 e. The number of nitrogens with one attached hydrogen (secondary N) is 4. The molecule has 34 heavy (non-hydrogen) atoms. The zero-order chi connectivity index (χ0) is 26.4. The molecule has 0 spiro atoms. The van der Waals surface area contributed by atoms with Crippen LogP contribution in [-0.2, 0) is 9.47 Å². The number of guanidine groups is 1. The Hall–Kier alpha value is -3.15. The number of amides is 3. The number of rotatable bonds is 5. The average Bonchev–Trinajstić information content (AvgIpc) is 2.60. The highest BCUT2D eigenvalue weighted by Crippen LogP contribution is 2.27. The van der Waals surface area contributed by atoms with Crippen LogP contribution >= 0.6 is 11.6 Å². The van der Waals surface area contributed by atoms with Crippen LogP contribution in [-0.4, -0.2) is 57.8 Å². The van der Waals surface area contributed by atoms with Crippen LogP contribution in [0.3, 0.4) is 0 Å². The van der Waals surface area contributed by atoms with Crippen LogP contribution in [0.15, 0.2) is 0 Å². The van der Waals surface area contributed by atoms with Crippen LogP contribution in [0.1, 0.15) is 72.8 Å². The SMILES string of the molecule is CCN(c1nc(NC(=O)OC(C)(C)C)c(C(=O)NC(=N)NC(=O)OC(C)(C)C)nc1Cl)C(C)C. The van der Waals surface area contributed by atoms with Gasteiger partial charge in [0.15, 0.2) is 22.5 Å². The van der Waals surface area contributed by atoms with E-state index in [4.69, 9.17) is 26.5 Å². The summed E-state index contributed by atoms with van der Waals surface area (Å²) in [7, 11) is 0. The minimum Gasteiger partial charge on any atom is -0.444 e. The molecule has 1 rings (SSSR count). The lowest BCUT2D eigenvalue weighted by Crippen LogP contribution is -2.45. The van der Waals surface area contributed by atoms with Gasteiger partial charge >= 0.3 is 12.2 Å². The summed E-state index contributed by atoms with van der Waals surface area (Å²) in [5.74, 6) is -1.58. The zero-order valence-electron chi connectivity index (χ0n) is 21.0. The maximum atomic E-state index is 12.8. The highest BCUT2D eigenvalue weighted by Gasteiger charge is 2.26. The average molecular weight is 500 g/mol. The predicted molar refractivity (Wildman–Crippen MR) is 130 cm³/mol. The van der Waals surface area contributed by atoms with Gasteiger partial charge in [0.2, 0.25) is 5.96 Å². The van der Waals surface area contributed by atoms with Gasteiger partial charge in [-0.1, -0.05) is 11.6 Å². The van der Waals surface area contributed by atoms with Gasteiger partial charge in [-0.15, -0.1) is 0 Å². The molecule has 0 saturated carbocycles. The van der Waals surface area contributed by atoms with Crippen molar-refractivity contribution in [3.8, 4) is 0 Å². The van der Waals surface area contributed by atoms with Gasteiger partial charge in [-0.3, -0.25) is 26.2 Å².